The van der Waals surface area contributed by atoms with Crippen molar-refractivity contribution in [1.29, 1.82) is 0 Å². The van der Waals surface area contributed by atoms with E-state index in [9.17, 15) is 18.6 Å². The lowest BCUT2D eigenvalue weighted by Gasteiger charge is -2.56. The number of hydrogen-bond donors (Lipinski definition) is 0. The Morgan fingerprint density at radius 2 is 1.90 bits per heavy atom. The van der Waals surface area contributed by atoms with E-state index in [2.05, 4.69) is 20.8 Å². The second kappa shape index (κ2) is 6.60. The van der Waals surface area contributed by atoms with Gasteiger partial charge in [0.25, 0.3) is 0 Å². The summed E-state index contributed by atoms with van der Waals surface area (Å²) in [5.41, 5.74) is -0.634. The minimum atomic E-state index is -4.89. The molecule has 5 atom stereocenters. The van der Waals surface area contributed by atoms with Crippen LogP contribution in [-0.4, -0.2) is 15.5 Å². The van der Waals surface area contributed by atoms with Crippen molar-refractivity contribution >= 4 is 18.4 Å². The molecule has 0 bridgehead atoms. The van der Waals surface area contributed by atoms with Crippen LogP contribution in [0.25, 0.3) is 0 Å². The van der Waals surface area contributed by atoms with Crippen molar-refractivity contribution in [3.05, 3.63) is 0 Å². The molecule has 1 rings (SSSR count). The molecule has 1 aliphatic carbocycles. The first kappa shape index (κ1) is 18.3. The van der Waals surface area contributed by atoms with E-state index in [0.29, 0.717) is 24.7 Å². The molecule has 4 nitrogen and oxygen atoms in total. The first-order chi connectivity index (χ1) is 9.06. The van der Waals surface area contributed by atoms with E-state index in [1.54, 1.807) is 0 Å². The fourth-order valence-corrected chi connectivity index (χ4v) is 8.01. The summed E-state index contributed by atoms with van der Waals surface area (Å²) < 4.78 is 23.9. The average Bonchev–Trinajstić information content (AvgIpc) is 2.25. The van der Waals surface area contributed by atoms with E-state index in [-0.39, 0.29) is 5.92 Å². The van der Waals surface area contributed by atoms with Crippen molar-refractivity contribution < 1.29 is 18.6 Å². The minimum absolute atomic E-state index is 0.147. The van der Waals surface area contributed by atoms with Gasteiger partial charge in [-0.3, -0.25) is 4.21 Å². The first-order valence-electron chi connectivity index (χ1n) is 7.40. The van der Waals surface area contributed by atoms with E-state index in [1.165, 1.54) is 6.26 Å². The Kier molecular flexibility index (Phi) is 6.05. The zero-order valence-electron chi connectivity index (χ0n) is 13.1. The largest absolute Gasteiger partial charge is 0.810 e. The normalized spacial score (nSPS) is 35.0. The SMILES string of the molecule is CC[C@@]1(C(S(C)=O)P(=O)([O-])[O-])C[C@H](C)CC[C@H]1C(C)C. The molecule has 0 radical (unpaired) electrons. The minimum Gasteiger partial charge on any atom is -0.810 e. The fraction of sp³-hybridized carbons (Fsp3) is 1.00. The van der Waals surface area contributed by atoms with Crippen molar-refractivity contribution in [2.24, 2.45) is 23.2 Å². The van der Waals surface area contributed by atoms with Gasteiger partial charge in [0, 0.05) is 17.1 Å². The Labute approximate surface area is 125 Å². The van der Waals surface area contributed by atoms with E-state index >= 15 is 0 Å². The van der Waals surface area contributed by atoms with Crippen LogP contribution in [0.2, 0.25) is 0 Å². The summed E-state index contributed by atoms with van der Waals surface area (Å²) in [4.78, 5) is 22.3. The summed E-state index contributed by atoms with van der Waals surface area (Å²) >= 11 is 0. The van der Waals surface area contributed by atoms with E-state index in [1.807, 2.05) is 6.92 Å². The smallest absolute Gasteiger partial charge is 0.0679 e. The molecule has 0 aromatic heterocycles. The molecule has 0 heterocycles. The monoisotopic (exact) mass is 322 g/mol. The van der Waals surface area contributed by atoms with Crippen molar-refractivity contribution in [2.75, 3.05) is 6.26 Å². The lowest BCUT2D eigenvalue weighted by molar-refractivity contribution is -0.317. The predicted octanol–water partition coefficient (Wildman–Crippen LogP) is 2.09. The van der Waals surface area contributed by atoms with Crippen LogP contribution in [0.5, 0.6) is 0 Å². The van der Waals surface area contributed by atoms with Crippen molar-refractivity contribution in [3.8, 4) is 0 Å². The Bertz CT molecular complexity index is 406. The van der Waals surface area contributed by atoms with Gasteiger partial charge < -0.3 is 14.4 Å². The molecule has 1 fully saturated rings. The maximum atomic E-state index is 12.1. The Balaban J connectivity index is 3.38. The molecule has 6 heteroatoms. The van der Waals surface area contributed by atoms with Crippen LogP contribution in [0.3, 0.4) is 0 Å². The van der Waals surface area contributed by atoms with Gasteiger partial charge in [0.2, 0.25) is 0 Å². The molecule has 20 heavy (non-hydrogen) atoms. The van der Waals surface area contributed by atoms with Gasteiger partial charge in [0.15, 0.2) is 0 Å². The Morgan fingerprint density at radius 3 is 2.25 bits per heavy atom. The third-order valence-electron chi connectivity index (χ3n) is 4.99. The Morgan fingerprint density at radius 1 is 1.35 bits per heavy atom. The van der Waals surface area contributed by atoms with E-state index in [0.717, 1.165) is 12.8 Å². The van der Waals surface area contributed by atoms with Crippen LogP contribution >= 0.6 is 7.60 Å². The van der Waals surface area contributed by atoms with Crippen LogP contribution in [0, 0.1) is 23.2 Å². The van der Waals surface area contributed by atoms with Gasteiger partial charge in [-0.2, -0.15) is 0 Å². The van der Waals surface area contributed by atoms with Crippen LogP contribution in [0.4, 0.5) is 0 Å². The zero-order chi connectivity index (χ0) is 15.7. The van der Waals surface area contributed by atoms with Gasteiger partial charge >= 0.3 is 0 Å². The second-order valence-corrected chi connectivity index (χ2v) is 10.1. The van der Waals surface area contributed by atoms with Crippen LogP contribution in [-0.2, 0) is 15.4 Å². The molecule has 0 amide bonds. The summed E-state index contributed by atoms with van der Waals surface area (Å²) in [6, 6.07) is 0. The summed E-state index contributed by atoms with van der Waals surface area (Å²) in [5.74, 6) is 0.816. The zero-order valence-corrected chi connectivity index (χ0v) is 14.8. The van der Waals surface area contributed by atoms with Crippen LogP contribution in [0.1, 0.15) is 53.4 Å². The molecule has 120 valence electrons. The molecule has 0 saturated heterocycles. The van der Waals surface area contributed by atoms with Gasteiger partial charge in [-0.15, -0.1) is 0 Å². The molecule has 0 aromatic carbocycles. The lowest BCUT2D eigenvalue weighted by Crippen LogP contribution is -2.51. The molecular formula is C14H27O4PS-2. The van der Waals surface area contributed by atoms with E-state index in [4.69, 9.17) is 0 Å². The quantitative estimate of drug-likeness (QED) is 0.726. The highest BCUT2D eigenvalue weighted by molar-refractivity contribution is 7.92. The molecule has 1 aliphatic rings. The molecule has 0 aromatic rings. The third-order valence-corrected chi connectivity index (χ3v) is 8.85. The van der Waals surface area contributed by atoms with Gasteiger partial charge in [0.1, 0.15) is 0 Å². The highest BCUT2D eigenvalue weighted by Crippen LogP contribution is 2.59. The summed E-state index contributed by atoms with van der Waals surface area (Å²) in [5, 5.41) is 0. The van der Waals surface area contributed by atoms with Gasteiger partial charge in [0.05, 0.1) is 4.99 Å². The van der Waals surface area contributed by atoms with Gasteiger partial charge in [-0.25, -0.2) is 0 Å². The first-order valence-corrected chi connectivity index (χ1v) is 10.6. The molecule has 0 spiro atoms. The highest BCUT2D eigenvalue weighted by Gasteiger charge is 2.50. The molecular weight excluding hydrogens is 295 g/mol. The van der Waals surface area contributed by atoms with E-state index < -0.39 is 28.8 Å². The molecule has 0 aliphatic heterocycles. The van der Waals surface area contributed by atoms with Crippen molar-refractivity contribution in [3.63, 3.8) is 0 Å². The summed E-state index contributed by atoms with van der Waals surface area (Å²) in [7, 11) is -6.54. The van der Waals surface area contributed by atoms with Crippen molar-refractivity contribution in [2.45, 2.75) is 58.4 Å². The topological polar surface area (TPSA) is 80.3 Å². The van der Waals surface area contributed by atoms with Crippen LogP contribution in [0.15, 0.2) is 0 Å². The number of rotatable bonds is 5. The predicted molar refractivity (Wildman–Crippen MR) is 79.5 cm³/mol. The third kappa shape index (κ3) is 3.55. The average molecular weight is 322 g/mol. The summed E-state index contributed by atoms with van der Waals surface area (Å²) in [6.07, 6.45) is 4.61. The molecule has 1 saturated carbocycles. The molecule has 2 unspecified atom stereocenters. The van der Waals surface area contributed by atoms with Gasteiger partial charge in [-0.05, 0) is 42.4 Å². The fourth-order valence-electron chi connectivity index (χ4n) is 4.34. The standard InChI is InChI=1S/C14H29O4PS/c1-6-14(13(20(5)18)19(15,16)17)9-11(4)7-8-12(14)10(2)3/h10-13H,6-9H2,1-5H3,(H2,15,16,17)/p-2/t11-,12+,13?,14-,20?/m1/s1. The lowest BCUT2D eigenvalue weighted by atomic mass is 9.59. The van der Waals surface area contributed by atoms with Crippen LogP contribution < -0.4 is 9.79 Å². The maximum Gasteiger partial charge on any atom is 0.0679 e. The second-order valence-electron chi connectivity index (χ2n) is 6.71. The van der Waals surface area contributed by atoms with Gasteiger partial charge in [-0.1, -0.05) is 41.7 Å². The maximum absolute atomic E-state index is 12.1. The number of hydrogen-bond acceptors (Lipinski definition) is 4. The Hall–Kier alpha value is 0.300. The summed E-state index contributed by atoms with van der Waals surface area (Å²) in [6.45, 7) is 8.17. The highest BCUT2D eigenvalue weighted by atomic mass is 32.2. The molecule has 0 N–H and O–H groups in total. The van der Waals surface area contributed by atoms with Crippen molar-refractivity contribution in [1.82, 2.24) is 0 Å².